The van der Waals surface area contributed by atoms with E-state index in [1.807, 2.05) is 0 Å². The number of amides is 3. The number of alkyl halides is 1. The van der Waals surface area contributed by atoms with Crippen LogP contribution in [0.4, 0.5) is 5.69 Å². The van der Waals surface area contributed by atoms with Crippen molar-refractivity contribution in [1.29, 1.82) is 0 Å². The van der Waals surface area contributed by atoms with Gasteiger partial charge in [-0.1, -0.05) is 28.1 Å². The summed E-state index contributed by atoms with van der Waals surface area (Å²) < 4.78 is 17.6. The van der Waals surface area contributed by atoms with E-state index in [-0.39, 0.29) is 55.2 Å². The number of nitrogens with zero attached hydrogens (tertiary/aromatic N) is 2. The highest BCUT2D eigenvalue weighted by Gasteiger charge is 2.77. The number of hydrogen-bond donors (Lipinski definition) is 2. The molecule has 3 fully saturated rings. The number of rotatable bonds is 16. The van der Waals surface area contributed by atoms with Crippen LogP contribution >= 0.6 is 15.9 Å². The van der Waals surface area contributed by atoms with Crippen LogP contribution in [0, 0.1) is 11.8 Å². The summed E-state index contributed by atoms with van der Waals surface area (Å²) in [6.07, 6.45) is 4.04. The summed E-state index contributed by atoms with van der Waals surface area (Å²) in [4.78, 5) is 57.2. The molecule has 3 saturated heterocycles. The van der Waals surface area contributed by atoms with E-state index >= 15 is 0 Å². The van der Waals surface area contributed by atoms with Crippen LogP contribution in [0.5, 0.6) is 5.75 Å². The number of unbranched alkanes of at least 4 members (excludes halogenated alkanes) is 1. The maximum Gasteiger partial charge on any atom is 0.312 e. The largest absolute Gasteiger partial charge is 0.497 e. The maximum atomic E-state index is 14.5. The molecule has 240 valence electrons. The predicted octanol–water partition coefficient (Wildman–Crippen LogP) is 2.75. The molecule has 7 atom stereocenters. The van der Waals surface area contributed by atoms with Gasteiger partial charge in [-0.25, -0.2) is 0 Å². The Morgan fingerprint density at radius 3 is 2.61 bits per heavy atom. The molecule has 3 amide bonds. The highest BCUT2D eigenvalue weighted by Crippen LogP contribution is 2.60. The van der Waals surface area contributed by atoms with Crippen LogP contribution in [-0.2, 0) is 28.7 Å². The van der Waals surface area contributed by atoms with Crippen molar-refractivity contribution in [2.75, 3.05) is 38.3 Å². The number of fused-ring (bicyclic) bond motifs is 1. The Labute approximate surface area is 266 Å². The van der Waals surface area contributed by atoms with Gasteiger partial charge in [0.05, 0.1) is 31.6 Å². The third-order valence-electron chi connectivity index (χ3n) is 8.54. The van der Waals surface area contributed by atoms with Crippen molar-refractivity contribution >= 4 is 45.3 Å². The summed E-state index contributed by atoms with van der Waals surface area (Å²) in [5, 5.41) is 12.2. The van der Waals surface area contributed by atoms with Gasteiger partial charge >= 0.3 is 5.97 Å². The number of allylic oxidation sites excluding steroid dienone is 1. The molecule has 3 aliphatic heterocycles. The number of anilines is 1. The summed E-state index contributed by atoms with van der Waals surface area (Å²) in [6.45, 7) is 9.59. The number of aliphatic hydroxyl groups excluding tert-OH is 1. The first-order chi connectivity index (χ1) is 21.1. The summed E-state index contributed by atoms with van der Waals surface area (Å²) in [6, 6.07) is 6.02. The lowest BCUT2D eigenvalue weighted by molar-refractivity contribution is -0.159. The normalized spacial score (nSPS) is 27.4. The fourth-order valence-corrected chi connectivity index (χ4v) is 7.51. The first-order valence-electron chi connectivity index (χ1n) is 15.0. The van der Waals surface area contributed by atoms with Crippen molar-refractivity contribution in [2.45, 2.75) is 67.7 Å². The molecule has 0 saturated carbocycles. The summed E-state index contributed by atoms with van der Waals surface area (Å²) in [7, 11) is 1.56. The Balaban J connectivity index is 1.63. The molecule has 11 nitrogen and oxygen atoms in total. The zero-order valence-corrected chi connectivity index (χ0v) is 26.9. The smallest absolute Gasteiger partial charge is 0.312 e. The van der Waals surface area contributed by atoms with Crippen LogP contribution in [0.1, 0.15) is 39.0 Å². The molecule has 1 aromatic rings. The molecule has 12 heteroatoms. The van der Waals surface area contributed by atoms with Crippen LogP contribution in [0.3, 0.4) is 0 Å². The lowest BCUT2D eigenvalue weighted by atomic mass is 9.70. The minimum Gasteiger partial charge on any atom is -0.497 e. The number of carbonyl (C=O) groups is 4. The maximum absolute atomic E-state index is 14.5. The summed E-state index contributed by atoms with van der Waals surface area (Å²) in [5.74, 6) is -2.70. The molecule has 3 heterocycles. The number of ether oxygens (including phenoxy) is 3. The Bertz CT molecular complexity index is 1240. The molecule has 4 rings (SSSR count). The molecule has 3 aliphatic rings. The van der Waals surface area contributed by atoms with Crippen molar-refractivity contribution in [3.63, 3.8) is 0 Å². The van der Waals surface area contributed by atoms with Gasteiger partial charge in [0, 0.05) is 36.6 Å². The van der Waals surface area contributed by atoms with Crippen molar-refractivity contribution in [3.8, 4) is 5.75 Å². The van der Waals surface area contributed by atoms with E-state index in [0.717, 1.165) is 0 Å². The van der Waals surface area contributed by atoms with E-state index in [9.17, 15) is 24.3 Å². The van der Waals surface area contributed by atoms with Gasteiger partial charge in [0.15, 0.2) is 0 Å². The van der Waals surface area contributed by atoms with Gasteiger partial charge in [0.1, 0.15) is 23.5 Å². The van der Waals surface area contributed by atoms with Crippen molar-refractivity contribution in [3.05, 3.63) is 49.6 Å². The van der Waals surface area contributed by atoms with Crippen LogP contribution in [-0.4, -0.2) is 95.7 Å². The third kappa shape index (κ3) is 6.57. The van der Waals surface area contributed by atoms with E-state index in [1.54, 1.807) is 55.4 Å². The highest BCUT2D eigenvalue weighted by atomic mass is 79.9. The number of halogens is 1. The fraction of sp³-hybridized carbons (Fsp3) is 0.562. The van der Waals surface area contributed by atoms with Crippen LogP contribution in [0.15, 0.2) is 49.6 Å². The Morgan fingerprint density at radius 1 is 1.25 bits per heavy atom. The number of likely N-dealkylation sites (tertiary alicyclic amines) is 1. The molecule has 1 unspecified atom stereocenters. The second-order valence-electron chi connectivity index (χ2n) is 11.4. The molecule has 2 N–H and O–H groups in total. The zero-order valence-electron chi connectivity index (χ0n) is 25.3. The Morgan fingerprint density at radius 2 is 1.98 bits per heavy atom. The highest BCUT2D eigenvalue weighted by molar-refractivity contribution is 9.09. The minimum absolute atomic E-state index is 0.0529. The first-order valence-corrected chi connectivity index (χ1v) is 15.9. The van der Waals surface area contributed by atoms with E-state index in [1.165, 1.54) is 4.90 Å². The fourth-order valence-electron chi connectivity index (χ4n) is 6.57. The van der Waals surface area contributed by atoms with Gasteiger partial charge in [-0.05, 0) is 56.9 Å². The molecule has 44 heavy (non-hydrogen) atoms. The molecule has 0 aliphatic carbocycles. The van der Waals surface area contributed by atoms with E-state index in [0.29, 0.717) is 37.1 Å². The second kappa shape index (κ2) is 14.7. The van der Waals surface area contributed by atoms with E-state index in [4.69, 9.17) is 14.2 Å². The molecule has 1 spiro atoms. The zero-order chi connectivity index (χ0) is 32.0. The lowest BCUT2D eigenvalue weighted by Crippen LogP contribution is -2.57. The average molecular weight is 677 g/mol. The molecular formula is C32H42BrN3O8. The monoisotopic (exact) mass is 675 g/mol. The van der Waals surface area contributed by atoms with Gasteiger partial charge in [-0.3, -0.25) is 19.2 Å². The average Bonchev–Trinajstić information content (AvgIpc) is 3.61. The Kier molecular flexibility index (Phi) is 11.3. The first kappa shape index (κ1) is 33.7. The molecule has 0 aromatic heterocycles. The van der Waals surface area contributed by atoms with Gasteiger partial charge < -0.3 is 34.4 Å². The number of methoxy groups -OCH3 is 1. The van der Waals surface area contributed by atoms with E-state index < -0.39 is 41.7 Å². The van der Waals surface area contributed by atoms with Crippen molar-refractivity contribution in [1.82, 2.24) is 10.2 Å². The Hall–Kier alpha value is -3.22. The van der Waals surface area contributed by atoms with Crippen molar-refractivity contribution in [2.24, 2.45) is 11.8 Å². The standard InChI is InChI=1S/C32H42BrN3O8/c1-5-7-10-24(38)34-19-20(3)43-31(41)25-26-29(39)36(16-8-9-17-37)28(32(26)18-23(33)27(25)44-32)30(40)35(15-6-2)21-11-13-22(42-4)14-12-21/h5-6,11-14,20,23,25-28,37H,1-2,7-10,15-19H2,3-4H3,(H,34,38)/t20-,23?,25-,26+,27-,28-,32+/m0/s1. The van der Waals surface area contributed by atoms with E-state index in [2.05, 4.69) is 34.4 Å². The quantitative estimate of drug-likeness (QED) is 0.118. The van der Waals surface area contributed by atoms with Crippen LogP contribution in [0.2, 0.25) is 0 Å². The molecule has 1 aromatic carbocycles. The van der Waals surface area contributed by atoms with Crippen LogP contribution < -0.4 is 15.0 Å². The number of hydrogen-bond acceptors (Lipinski definition) is 8. The number of nitrogens with one attached hydrogen (secondary N) is 1. The minimum atomic E-state index is -1.26. The molecular weight excluding hydrogens is 634 g/mol. The number of carbonyl (C=O) groups excluding carboxylic acids is 4. The van der Waals surface area contributed by atoms with Crippen LogP contribution in [0.25, 0.3) is 0 Å². The van der Waals surface area contributed by atoms with Gasteiger partial charge in [-0.15, -0.1) is 13.2 Å². The lowest BCUT2D eigenvalue weighted by Gasteiger charge is -2.37. The van der Waals surface area contributed by atoms with Gasteiger partial charge in [-0.2, -0.15) is 0 Å². The topological polar surface area (TPSA) is 135 Å². The summed E-state index contributed by atoms with van der Waals surface area (Å²) in [5.41, 5.74) is -0.662. The predicted molar refractivity (Wildman–Crippen MR) is 167 cm³/mol. The third-order valence-corrected chi connectivity index (χ3v) is 9.39. The van der Waals surface area contributed by atoms with Crippen molar-refractivity contribution < 1.29 is 38.5 Å². The number of aliphatic hydroxyl groups is 1. The van der Waals surface area contributed by atoms with Gasteiger partial charge in [0.2, 0.25) is 11.8 Å². The summed E-state index contributed by atoms with van der Waals surface area (Å²) >= 11 is 3.67. The van der Waals surface area contributed by atoms with Gasteiger partial charge in [0.25, 0.3) is 5.91 Å². The number of esters is 1. The molecule has 2 bridgehead atoms. The SMILES string of the molecule is C=CCCC(=O)NC[C@H](C)OC(=O)[C@@H]1[C@H]2O[C@@]3(CC2Br)[C@H](C(=O)N(CC=C)c2ccc(OC)cc2)N(CCCCO)C(=O)[C@@H]13. The molecule has 0 radical (unpaired) electrons. The second-order valence-corrected chi connectivity index (χ2v) is 12.6. The number of benzene rings is 1.